The highest BCUT2D eigenvalue weighted by Crippen LogP contribution is 2.40. The fourth-order valence-corrected chi connectivity index (χ4v) is 6.14. The molecule has 3 aliphatic rings. The molecule has 0 aliphatic carbocycles. The fraction of sp³-hybridized carbons (Fsp3) is 0.194. The molecule has 0 saturated carbocycles. The summed E-state index contributed by atoms with van der Waals surface area (Å²) in [5.74, 6) is 1.90. The topological polar surface area (TPSA) is 97.6 Å². The summed E-state index contributed by atoms with van der Waals surface area (Å²) in [6.07, 6.45) is 1.80. The molecule has 41 heavy (non-hydrogen) atoms. The first kappa shape index (κ1) is 25.2. The third-order valence-corrected chi connectivity index (χ3v) is 7.93. The molecule has 10 heteroatoms. The average molecular weight is 569 g/mol. The van der Waals surface area contributed by atoms with Gasteiger partial charge in [-0.1, -0.05) is 53.8 Å². The number of hydrogen-bond donors (Lipinski definition) is 0. The Bertz CT molecular complexity index is 1890. The van der Waals surface area contributed by atoms with E-state index < -0.39 is 12.0 Å². The van der Waals surface area contributed by atoms with Gasteiger partial charge in [0.2, 0.25) is 6.79 Å². The molecule has 7 rings (SSSR count). The monoisotopic (exact) mass is 568 g/mol. The highest BCUT2D eigenvalue weighted by molar-refractivity contribution is 7.07. The Hall–Kier alpha value is -4.83. The normalized spacial score (nSPS) is 17.2. The number of aromatic nitrogens is 1. The molecule has 0 N–H and O–H groups in total. The Morgan fingerprint density at radius 2 is 1.71 bits per heavy atom. The van der Waals surface area contributed by atoms with Crippen LogP contribution in [0.3, 0.4) is 0 Å². The first-order valence-electron chi connectivity index (χ1n) is 13.2. The van der Waals surface area contributed by atoms with Crippen LogP contribution in [0.4, 0.5) is 0 Å². The van der Waals surface area contributed by atoms with Crippen molar-refractivity contribution in [2.75, 3.05) is 26.6 Å². The molecule has 206 valence electrons. The lowest BCUT2D eigenvalue weighted by Crippen LogP contribution is -2.40. The van der Waals surface area contributed by atoms with E-state index in [0.717, 1.165) is 11.1 Å². The van der Waals surface area contributed by atoms with E-state index in [2.05, 4.69) is 0 Å². The summed E-state index contributed by atoms with van der Waals surface area (Å²) in [5.41, 5.74) is 2.65. The standard InChI is InChI=1S/C31H24N2O7S/c1-2-36-30(35)26-27(19-6-4-3-5-7-19)32-31-33(28(26)20-9-11-22-24(16-20)40-17-39-22)29(34)25(41-31)15-18-8-10-21-23(14-18)38-13-12-37-21/h3-11,14-16,28H,2,12-13,17H2,1H3/b25-15+/t28-/m0/s1. The predicted molar refractivity (Wildman–Crippen MR) is 151 cm³/mol. The highest BCUT2D eigenvalue weighted by Gasteiger charge is 2.36. The van der Waals surface area contributed by atoms with E-state index in [4.69, 9.17) is 28.7 Å². The van der Waals surface area contributed by atoms with Crippen molar-refractivity contribution >= 4 is 29.1 Å². The number of carbonyl (C=O) groups excluding carboxylic acids is 1. The van der Waals surface area contributed by atoms with E-state index >= 15 is 0 Å². The van der Waals surface area contributed by atoms with Crippen molar-refractivity contribution in [2.45, 2.75) is 13.0 Å². The third-order valence-electron chi connectivity index (χ3n) is 6.95. The smallest absolute Gasteiger partial charge is 0.338 e. The summed E-state index contributed by atoms with van der Waals surface area (Å²) < 4.78 is 30.1. The van der Waals surface area contributed by atoms with Crippen LogP contribution in [-0.4, -0.2) is 37.1 Å². The van der Waals surface area contributed by atoms with Crippen LogP contribution in [0.25, 0.3) is 11.8 Å². The van der Waals surface area contributed by atoms with Gasteiger partial charge in [-0.05, 0) is 48.4 Å². The maximum absolute atomic E-state index is 14.1. The largest absolute Gasteiger partial charge is 0.486 e. The van der Waals surface area contributed by atoms with E-state index in [9.17, 15) is 9.59 Å². The van der Waals surface area contributed by atoms with Crippen LogP contribution >= 0.6 is 11.3 Å². The molecule has 0 saturated heterocycles. The van der Waals surface area contributed by atoms with Gasteiger partial charge in [-0.2, -0.15) is 0 Å². The fourth-order valence-electron chi connectivity index (χ4n) is 5.14. The number of nitrogens with zero attached hydrogens (tertiary/aromatic N) is 2. The predicted octanol–water partition coefficient (Wildman–Crippen LogP) is 3.44. The molecule has 0 fully saturated rings. The first-order chi connectivity index (χ1) is 20.1. The maximum atomic E-state index is 14.1. The molecule has 4 aromatic rings. The van der Waals surface area contributed by atoms with Gasteiger partial charge in [0.25, 0.3) is 5.56 Å². The van der Waals surface area contributed by atoms with Gasteiger partial charge in [0.05, 0.1) is 28.5 Å². The number of hydrogen-bond acceptors (Lipinski definition) is 9. The Balaban J connectivity index is 1.47. The minimum Gasteiger partial charge on any atom is -0.486 e. The molecular formula is C31H24N2O7S. The number of fused-ring (bicyclic) bond motifs is 3. The second-order valence-corrected chi connectivity index (χ2v) is 10.5. The van der Waals surface area contributed by atoms with Crippen LogP contribution in [0, 0.1) is 0 Å². The van der Waals surface area contributed by atoms with Crippen molar-refractivity contribution in [3.63, 3.8) is 0 Å². The van der Waals surface area contributed by atoms with Crippen LogP contribution in [0.5, 0.6) is 23.0 Å². The Kier molecular flexibility index (Phi) is 6.31. The molecule has 0 amide bonds. The van der Waals surface area contributed by atoms with E-state index in [-0.39, 0.29) is 24.5 Å². The van der Waals surface area contributed by atoms with Crippen LogP contribution < -0.4 is 33.8 Å². The van der Waals surface area contributed by atoms with E-state index in [0.29, 0.717) is 56.8 Å². The zero-order valence-corrected chi connectivity index (χ0v) is 22.8. The molecule has 4 heterocycles. The van der Waals surface area contributed by atoms with Crippen molar-refractivity contribution in [1.82, 2.24) is 4.57 Å². The number of ether oxygens (including phenoxy) is 5. The highest BCUT2D eigenvalue weighted by atomic mass is 32.1. The Morgan fingerprint density at radius 3 is 2.54 bits per heavy atom. The number of rotatable bonds is 5. The zero-order valence-electron chi connectivity index (χ0n) is 22.0. The van der Waals surface area contributed by atoms with E-state index in [1.807, 2.05) is 54.6 Å². The Morgan fingerprint density at radius 1 is 0.976 bits per heavy atom. The summed E-state index contributed by atoms with van der Waals surface area (Å²) in [5, 5.41) is 0. The molecule has 1 aromatic heterocycles. The second kappa shape index (κ2) is 10.3. The lowest BCUT2D eigenvalue weighted by Gasteiger charge is -2.26. The van der Waals surface area contributed by atoms with Gasteiger partial charge in [0, 0.05) is 5.56 Å². The number of carbonyl (C=O) groups is 1. The maximum Gasteiger partial charge on any atom is 0.338 e. The molecule has 0 radical (unpaired) electrons. The number of thiazole rings is 1. The lowest BCUT2D eigenvalue weighted by atomic mass is 9.93. The van der Waals surface area contributed by atoms with Crippen LogP contribution in [0.2, 0.25) is 0 Å². The third kappa shape index (κ3) is 4.46. The minimum atomic E-state index is -0.808. The van der Waals surface area contributed by atoms with Crippen molar-refractivity contribution in [2.24, 2.45) is 4.99 Å². The van der Waals surface area contributed by atoms with E-state index in [1.165, 1.54) is 11.3 Å². The number of esters is 1. The molecule has 3 aromatic carbocycles. The van der Waals surface area contributed by atoms with Crippen molar-refractivity contribution in [3.05, 3.63) is 109 Å². The average Bonchev–Trinajstić information content (AvgIpc) is 3.60. The quantitative estimate of drug-likeness (QED) is 0.340. The van der Waals surface area contributed by atoms with Crippen LogP contribution in [-0.2, 0) is 9.53 Å². The van der Waals surface area contributed by atoms with Gasteiger partial charge >= 0.3 is 5.97 Å². The number of benzene rings is 3. The van der Waals surface area contributed by atoms with Crippen molar-refractivity contribution < 1.29 is 28.5 Å². The van der Waals surface area contributed by atoms with Crippen molar-refractivity contribution in [3.8, 4) is 23.0 Å². The minimum absolute atomic E-state index is 0.104. The molecule has 0 unspecified atom stereocenters. The van der Waals surface area contributed by atoms with E-state index in [1.54, 1.807) is 29.7 Å². The summed E-state index contributed by atoms with van der Waals surface area (Å²) in [7, 11) is 0. The SMILES string of the molecule is CCOC(=O)C1=C(c2ccccc2)N=c2s/c(=C/c3ccc4c(c3)OCCO4)c(=O)n2[C@H]1c1ccc2c(c1)OCO2. The summed E-state index contributed by atoms with van der Waals surface area (Å²) in [6, 6.07) is 19.6. The Labute approximate surface area is 238 Å². The van der Waals surface area contributed by atoms with Gasteiger partial charge in [-0.15, -0.1) is 0 Å². The van der Waals surface area contributed by atoms with Crippen LogP contribution in [0.15, 0.2) is 82.1 Å². The molecule has 9 nitrogen and oxygen atoms in total. The molecule has 3 aliphatic heterocycles. The van der Waals surface area contributed by atoms with Gasteiger partial charge in [-0.3, -0.25) is 9.36 Å². The summed E-state index contributed by atoms with van der Waals surface area (Å²) in [6.45, 7) is 2.99. The molecular weight excluding hydrogens is 544 g/mol. The second-order valence-electron chi connectivity index (χ2n) is 9.45. The summed E-state index contributed by atoms with van der Waals surface area (Å²) in [4.78, 5) is 33.0. The van der Waals surface area contributed by atoms with Crippen molar-refractivity contribution in [1.29, 1.82) is 0 Å². The summed E-state index contributed by atoms with van der Waals surface area (Å²) >= 11 is 1.26. The van der Waals surface area contributed by atoms with Gasteiger partial charge in [0.1, 0.15) is 13.2 Å². The van der Waals surface area contributed by atoms with Crippen LogP contribution in [0.1, 0.15) is 29.7 Å². The molecule has 0 spiro atoms. The van der Waals surface area contributed by atoms with Gasteiger partial charge < -0.3 is 23.7 Å². The first-order valence-corrected chi connectivity index (χ1v) is 14.0. The molecule has 1 atom stereocenters. The van der Waals surface area contributed by atoms with Gasteiger partial charge in [0.15, 0.2) is 27.8 Å². The van der Waals surface area contributed by atoms with Gasteiger partial charge in [-0.25, -0.2) is 9.79 Å². The lowest BCUT2D eigenvalue weighted by molar-refractivity contribution is -0.138. The zero-order chi connectivity index (χ0) is 27.9. The molecule has 0 bridgehead atoms.